The first kappa shape index (κ1) is 20.1. The van der Waals surface area contributed by atoms with Crippen molar-refractivity contribution in [1.82, 2.24) is 19.6 Å². The molecule has 2 heterocycles. The maximum atomic E-state index is 13.3. The summed E-state index contributed by atoms with van der Waals surface area (Å²) in [4.78, 5) is 17.7. The fourth-order valence-electron chi connectivity index (χ4n) is 4.19. The minimum absolute atomic E-state index is 0.130. The van der Waals surface area contributed by atoms with Crippen molar-refractivity contribution >= 4 is 5.91 Å². The average Bonchev–Trinajstić information content (AvgIpc) is 3.48. The monoisotopic (exact) mass is 398 g/mol. The van der Waals surface area contributed by atoms with Gasteiger partial charge in [-0.3, -0.25) is 14.4 Å². The Labute approximate surface area is 172 Å². The fourth-order valence-corrected chi connectivity index (χ4v) is 4.19. The number of hydrogen-bond donors (Lipinski definition) is 0. The number of benzene rings is 1. The van der Waals surface area contributed by atoms with E-state index in [0.29, 0.717) is 11.8 Å². The first-order valence-corrected chi connectivity index (χ1v) is 10.8. The topological polar surface area (TPSA) is 41.4 Å². The molecule has 0 radical (unpaired) electrons. The van der Waals surface area contributed by atoms with Gasteiger partial charge in [-0.25, -0.2) is 4.39 Å². The Morgan fingerprint density at radius 3 is 2.59 bits per heavy atom. The zero-order valence-electron chi connectivity index (χ0n) is 17.5. The number of aromatic nitrogens is 2. The minimum Gasteiger partial charge on any atom is -0.337 e. The molecule has 1 saturated heterocycles. The van der Waals surface area contributed by atoms with Crippen molar-refractivity contribution in [2.45, 2.75) is 52.1 Å². The summed E-state index contributed by atoms with van der Waals surface area (Å²) in [6.45, 7) is 9.31. The van der Waals surface area contributed by atoms with E-state index in [9.17, 15) is 9.18 Å². The summed E-state index contributed by atoms with van der Waals surface area (Å²) >= 11 is 0. The van der Waals surface area contributed by atoms with Crippen LogP contribution in [0, 0.1) is 11.7 Å². The smallest absolute Gasteiger partial charge is 0.257 e. The number of rotatable bonds is 6. The largest absolute Gasteiger partial charge is 0.337 e. The lowest BCUT2D eigenvalue weighted by molar-refractivity contribution is 0.0759. The van der Waals surface area contributed by atoms with Crippen LogP contribution in [0.25, 0.3) is 0 Å². The number of nitrogens with zero attached hydrogens (tertiary/aromatic N) is 4. The molecule has 1 saturated carbocycles. The van der Waals surface area contributed by atoms with Crippen molar-refractivity contribution in [3.05, 3.63) is 53.1 Å². The molecule has 1 aromatic heterocycles. The van der Waals surface area contributed by atoms with Crippen LogP contribution < -0.4 is 0 Å². The fraction of sp³-hybridized carbons (Fsp3) is 0.565. The number of amides is 1. The highest BCUT2D eigenvalue weighted by Gasteiger charge is 2.34. The van der Waals surface area contributed by atoms with Crippen LogP contribution >= 0.6 is 0 Å². The molecule has 29 heavy (non-hydrogen) atoms. The molecule has 2 aliphatic rings. The van der Waals surface area contributed by atoms with E-state index in [2.05, 4.69) is 28.5 Å². The SMILES string of the molecule is CC(C)Cn1ncc(C(=O)N2CCCN(Cc3ccc(F)cc3)CC2)c1C1CC1. The molecule has 0 spiro atoms. The van der Waals surface area contributed by atoms with E-state index in [0.717, 1.165) is 75.4 Å². The van der Waals surface area contributed by atoms with Crippen LogP contribution in [0.1, 0.15) is 60.6 Å². The Kier molecular flexibility index (Phi) is 5.99. The van der Waals surface area contributed by atoms with Crippen LogP contribution in [0.3, 0.4) is 0 Å². The summed E-state index contributed by atoms with van der Waals surface area (Å²) in [5, 5.41) is 4.56. The number of hydrogen-bond acceptors (Lipinski definition) is 3. The van der Waals surface area contributed by atoms with Gasteiger partial charge in [0, 0.05) is 45.2 Å². The molecule has 0 unspecified atom stereocenters. The van der Waals surface area contributed by atoms with E-state index in [4.69, 9.17) is 0 Å². The van der Waals surface area contributed by atoms with Crippen molar-refractivity contribution in [2.24, 2.45) is 5.92 Å². The van der Waals surface area contributed by atoms with Gasteiger partial charge < -0.3 is 4.90 Å². The Bertz CT molecular complexity index is 841. The zero-order valence-corrected chi connectivity index (χ0v) is 17.5. The van der Waals surface area contributed by atoms with Crippen LogP contribution in [0.15, 0.2) is 30.5 Å². The van der Waals surface area contributed by atoms with Crippen LogP contribution in [0.5, 0.6) is 0 Å². The van der Waals surface area contributed by atoms with Gasteiger partial charge in [-0.05, 0) is 42.9 Å². The van der Waals surface area contributed by atoms with Crippen LogP contribution in [-0.4, -0.2) is 51.7 Å². The highest BCUT2D eigenvalue weighted by molar-refractivity contribution is 5.95. The lowest BCUT2D eigenvalue weighted by Gasteiger charge is -2.22. The minimum atomic E-state index is -0.203. The third-order valence-electron chi connectivity index (χ3n) is 5.81. The van der Waals surface area contributed by atoms with Crippen LogP contribution in [0.2, 0.25) is 0 Å². The number of carbonyl (C=O) groups is 1. The molecular weight excluding hydrogens is 367 g/mol. The molecule has 2 fully saturated rings. The van der Waals surface area contributed by atoms with Crippen molar-refractivity contribution in [2.75, 3.05) is 26.2 Å². The summed E-state index contributed by atoms with van der Waals surface area (Å²) in [5.74, 6) is 0.933. The van der Waals surface area contributed by atoms with Gasteiger partial charge in [0.15, 0.2) is 0 Å². The third-order valence-corrected chi connectivity index (χ3v) is 5.81. The first-order chi connectivity index (χ1) is 14.0. The van der Waals surface area contributed by atoms with E-state index >= 15 is 0 Å². The summed E-state index contributed by atoms with van der Waals surface area (Å²) in [5.41, 5.74) is 3.06. The van der Waals surface area contributed by atoms with Crippen molar-refractivity contribution < 1.29 is 9.18 Å². The second kappa shape index (κ2) is 8.66. The molecule has 5 nitrogen and oxygen atoms in total. The van der Waals surface area contributed by atoms with Crippen molar-refractivity contribution in [1.29, 1.82) is 0 Å². The van der Waals surface area contributed by atoms with Gasteiger partial charge in [0.2, 0.25) is 0 Å². The summed E-state index contributed by atoms with van der Waals surface area (Å²) in [6.07, 6.45) is 5.07. The van der Waals surface area contributed by atoms with Gasteiger partial charge in [-0.15, -0.1) is 0 Å². The summed E-state index contributed by atoms with van der Waals surface area (Å²) < 4.78 is 15.2. The molecule has 1 aliphatic heterocycles. The maximum Gasteiger partial charge on any atom is 0.257 e. The maximum absolute atomic E-state index is 13.3. The standard InChI is InChI=1S/C23H31FN4O/c1-17(2)15-28-22(19-6-7-19)21(14-25-28)23(29)27-11-3-10-26(12-13-27)16-18-4-8-20(24)9-5-18/h4-5,8-9,14,17,19H,3,6-7,10-13,15-16H2,1-2H3. The highest BCUT2D eigenvalue weighted by atomic mass is 19.1. The Hall–Kier alpha value is -2.21. The van der Waals surface area contributed by atoms with E-state index in [1.54, 1.807) is 6.20 Å². The van der Waals surface area contributed by atoms with E-state index in [1.165, 1.54) is 12.1 Å². The number of carbonyl (C=O) groups excluding carboxylic acids is 1. The molecule has 2 aromatic rings. The second-order valence-corrected chi connectivity index (χ2v) is 8.84. The normalized spacial score (nSPS) is 18.3. The number of halogens is 1. The summed E-state index contributed by atoms with van der Waals surface area (Å²) in [7, 11) is 0. The van der Waals surface area contributed by atoms with Gasteiger partial charge in [0.1, 0.15) is 5.82 Å². The average molecular weight is 399 g/mol. The summed E-state index contributed by atoms with van der Waals surface area (Å²) in [6, 6.07) is 6.71. The van der Waals surface area contributed by atoms with E-state index in [1.807, 2.05) is 17.0 Å². The predicted octanol–water partition coefficient (Wildman–Crippen LogP) is 3.90. The molecule has 156 valence electrons. The third kappa shape index (κ3) is 4.86. The zero-order chi connectivity index (χ0) is 20.4. The van der Waals surface area contributed by atoms with E-state index in [-0.39, 0.29) is 11.7 Å². The molecule has 6 heteroatoms. The Morgan fingerprint density at radius 2 is 1.90 bits per heavy atom. The molecule has 4 rings (SSSR count). The lowest BCUT2D eigenvalue weighted by atomic mass is 10.1. The van der Waals surface area contributed by atoms with Crippen LogP contribution in [-0.2, 0) is 13.1 Å². The Morgan fingerprint density at radius 1 is 1.14 bits per heavy atom. The van der Waals surface area contributed by atoms with Gasteiger partial charge >= 0.3 is 0 Å². The quantitative estimate of drug-likeness (QED) is 0.741. The second-order valence-electron chi connectivity index (χ2n) is 8.84. The molecule has 0 bridgehead atoms. The highest BCUT2D eigenvalue weighted by Crippen LogP contribution is 2.42. The molecular formula is C23H31FN4O. The van der Waals surface area contributed by atoms with Gasteiger partial charge in [0.25, 0.3) is 5.91 Å². The van der Waals surface area contributed by atoms with Crippen molar-refractivity contribution in [3.8, 4) is 0 Å². The molecule has 0 atom stereocenters. The molecule has 1 aliphatic carbocycles. The lowest BCUT2D eigenvalue weighted by Crippen LogP contribution is -2.35. The van der Waals surface area contributed by atoms with Gasteiger partial charge in [-0.2, -0.15) is 5.10 Å². The molecule has 0 N–H and O–H groups in total. The predicted molar refractivity (Wildman–Crippen MR) is 111 cm³/mol. The van der Waals surface area contributed by atoms with Crippen LogP contribution in [0.4, 0.5) is 4.39 Å². The molecule has 1 aromatic carbocycles. The first-order valence-electron chi connectivity index (χ1n) is 10.8. The van der Waals surface area contributed by atoms with Crippen molar-refractivity contribution in [3.63, 3.8) is 0 Å². The van der Waals surface area contributed by atoms with E-state index < -0.39 is 0 Å². The Balaban J connectivity index is 1.42. The van der Waals surface area contributed by atoms with Gasteiger partial charge in [-0.1, -0.05) is 26.0 Å². The molecule has 1 amide bonds. The van der Waals surface area contributed by atoms with Gasteiger partial charge in [0.05, 0.1) is 17.5 Å².